The van der Waals surface area contributed by atoms with Gasteiger partial charge in [0.05, 0.1) is 12.2 Å². The van der Waals surface area contributed by atoms with E-state index in [1.807, 2.05) is 12.1 Å². The Morgan fingerprint density at radius 3 is 2.60 bits per heavy atom. The molecule has 30 heavy (non-hydrogen) atoms. The van der Waals surface area contributed by atoms with E-state index in [1.54, 1.807) is 6.07 Å². The van der Waals surface area contributed by atoms with Crippen molar-refractivity contribution < 1.29 is 10.2 Å². The Morgan fingerprint density at radius 1 is 1.03 bits per heavy atom. The number of benzene rings is 1. The predicted octanol–water partition coefficient (Wildman–Crippen LogP) is 6.67. The van der Waals surface area contributed by atoms with Crippen molar-refractivity contribution >= 4 is 29.3 Å². The van der Waals surface area contributed by atoms with E-state index in [4.69, 9.17) is 23.2 Å². The Hall–Kier alpha value is -0.800. The molecule has 4 aliphatic rings. The molecule has 7 atom stereocenters. The van der Waals surface area contributed by atoms with Gasteiger partial charge < -0.3 is 10.2 Å². The smallest absolute Gasteiger partial charge is 0.0809 e. The molecule has 4 heteroatoms. The lowest BCUT2D eigenvalue weighted by Crippen LogP contribution is -2.51. The van der Waals surface area contributed by atoms with E-state index < -0.39 is 6.10 Å². The number of rotatable bonds is 1. The summed E-state index contributed by atoms with van der Waals surface area (Å²) in [6.07, 6.45) is 11.1. The average molecular weight is 447 g/mol. The highest BCUT2D eigenvalue weighted by Crippen LogP contribution is 2.65. The Balaban J connectivity index is 1.48. The summed E-state index contributed by atoms with van der Waals surface area (Å²) < 4.78 is 0. The summed E-state index contributed by atoms with van der Waals surface area (Å²) in [5, 5.41) is 22.9. The summed E-state index contributed by atoms with van der Waals surface area (Å²) in [7, 11) is 0. The molecular weight excluding hydrogens is 415 g/mol. The number of aliphatic hydroxyl groups is 2. The third-order valence-electron chi connectivity index (χ3n) is 9.25. The van der Waals surface area contributed by atoms with Crippen molar-refractivity contribution in [2.45, 2.75) is 71.0 Å². The first-order valence-corrected chi connectivity index (χ1v) is 12.2. The van der Waals surface area contributed by atoms with Crippen LogP contribution in [0.15, 0.2) is 35.4 Å². The zero-order valence-electron chi connectivity index (χ0n) is 17.9. The van der Waals surface area contributed by atoms with Crippen LogP contribution in [0.5, 0.6) is 0 Å². The lowest BCUT2D eigenvalue weighted by Gasteiger charge is -2.57. The third kappa shape index (κ3) is 3.13. The SMILES string of the molecule is C[C@@]12CC[C@@H]3[C@H](CC=C4C[C@@H](O)CC[C@@]43C)[C@H]1C/C(=C/c1ccc(Cl)cc1Cl)[C@@H]2O. The number of hydrogen-bond donors (Lipinski definition) is 2. The highest BCUT2D eigenvalue weighted by atomic mass is 35.5. The number of allylic oxidation sites excluding steroid dienone is 1. The molecule has 0 radical (unpaired) electrons. The van der Waals surface area contributed by atoms with Gasteiger partial charge in [-0.25, -0.2) is 0 Å². The van der Waals surface area contributed by atoms with E-state index in [9.17, 15) is 10.2 Å². The Kier molecular flexibility index (Phi) is 5.18. The second-order valence-corrected chi connectivity index (χ2v) is 11.5. The van der Waals surface area contributed by atoms with Gasteiger partial charge in [-0.3, -0.25) is 0 Å². The summed E-state index contributed by atoms with van der Waals surface area (Å²) in [4.78, 5) is 0. The molecule has 2 nitrogen and oxygen atoms in total. The maximum absolute atomic E-state index is 11.4. The van der Waals surface area contributed by atoms with Crippen LogP contribution in [0, 0.1) is 28.6 Å². The normalized spacial score (nSPS) is 44.3. The van der Waals surface area contributed by atoms with Gasteiger partial charge in [0.15, 0.2) is 0 Å². The number of aliphatic hydroxyl groups excluding tert-OH is 2. The first-order chi connectivity index (χ1) is 14.2. The second kappa shape index (κ2) is 7.37. The molecule has 0 saturated heterocycles. The van der Waals surface area contributed by atoms with E-state index in [-0.39, 0.29) is 16.9 Å². The number of halogens is 2. The maximum atomic E-state index is 11.4. The van der Waals surface area contributed by atoms with Crippen LogP contribution in [0.3, 0.4) is 0 Å². The van der Waals surface area contributed by atoms with Gasteiger partial charge in [0.2, 0.25) is 0 Å². The van der Waals surface area contributed by atoms with Crippen molar-refractivity contribution in [3.8, 4) is 0 Å². The van der Waals surface area contributed by atoms with Crippen LogP contribution in [0.25, 0.3) is 6.08 Å². The number of hydrogen-bond acceptors (Lipinski definition) is 2. The van der Waals surface area contributed by atoms with Crippen LogP contribution < -0.4 is 0 Å². The lowest BCUT2D eigenvalue weighted by molar-refractivity contribution is -0.0685. The molecule has 0 heterocycles. The lowest BCUT2D eigenvalue weighted by atomic mass is 9.48. The minimum atomic E-state index is -0.415. The van der Waals surface area contributed by atoms with Crippen molar-refractivity contribution in [1.29, 1.82) is 0 Å². The molecule has 1 aromatic carbocycles. The second-order valence-electron chi connectivity index (χ2n) is 10.7. The van der Waals surface area contributed by atoms with Gasteiger partial charge >= 0.3 is 0 Å². The van der Waals surface area contributed by atoms with E-state index >= 15 is 0 Å². The first kappa shape index (κ1) is 21.1. The summed E-state index contributed by atoms with van der Waals surface area (Å²) in [5.41, 5.74) is 3.70. The van der Waals surface area contributed by atoms with Crippen molar-refractivity contribution in [1.82, 2.24) is 0 Å². The van der Waals surface area contributed by atoms with Crippen LogP contribution in [-0.4, -0.2) is 22.4 Å². The molecule has 3 saturated carbocycles. The van der Waals surface area contributed by atoms with Crippen LogP contribution >= 0.6 is 23.2 Å². The third-order valence-corrected chi connectivity index (χ3v) is 9.81. The fraction of sp³-hybridized carbons (Fsp3) is 0.615. The molecule has 3 fully saturated rings. The summed E-state index contributed by atoms with van der Waals surface area (Å²) in [6.45, 7) is 4.74. The van der Waals surface area contributed by atoms with Gasteiger partial charge in [-0.1, -0.05) is 60.8 Å². The first-order valence-electron chi connectivity index (χ1n) is 11.4. The minimum Gasteiger partial charge on any atom is -0.393 e. The van der Waals surface area contributed by atoms with Gasteiger partial charge in [0.1, 0.15) is 0 Å². The molecule has 1 aromatic rings. The molecule has 0 aliphatic heterocycles. The van der Waals surface area contributed by atoms with Gasteiger partial charge in [-0.15, -0.1) is 0 Å². The van der Waals surface area contributed by atoms with E-state index in [0.717, 1.165) is 49.7 Å². The highest BCUT2D eigenvalue weighted by Gasteiger charge is 2.59. The predicted molar refractivity (Wildman–Crippen MR) is 124 cm³/mol. The Morgan fingerprint density at radius 2 is 1.83 bits per heavy atom. The average Bonchev–Trinajstić information content (AvgIpc) is 2.95. The number of fused-ring (bicyclic) bond motifs is 5. The Bertz CT molecular complexity index is 922. The standard InChI is InChI=1S/C26H32Cl2O2/c1-25-9-7-19(29)13-17(25)4-6-20-21(25)8-10-26(2)22(20)12-16(24(26)30)11-15-3-5-18(27)14-23(15)28/h3-5,11,14,19-22,24,29-30H,6-10,12-13H2,1-2H3/b16-11-/t19-,20-,21+,22+,24-,25-,26+/m0/s1. The highest BCUT2D eigenvalue weighted by molar-refractivity contribution is 6.35. The molecule has 2 N–H and O–H groups in total. The molecule has 4 aliphatic carbocycles. The molecule has 162 valence electrons. The van der Waals surface area contributed by atoms with Gasteiger partial charge in [-0.2, -0.15) is 0 Å². The molecule has 0 spiro atoms. The monoisotopic (exact) mass is 446 g/mol. The molecule has 0 aromatic heterocycles. The molecule has 0 unspecified atom stereocenters. The van der Waals surface area contributed by atoms with E-state index in [2.05, 4.69) is 26.0 Å². The zero-order valence-corrected chi connectivity index (χ0v) is 19.4. The van der Waals surface area contributed by atoms with Gasteiger partial charge in [0.25, 0.3) is 0 Å². The molecular formula is C26H32Cl2O2. The fourth-order valence-corrected chi connectivity index (χ4v) is 7.92. The molecule has 0 amide bonds. The maximum Gasteiger partial charge on any atom is 0.0809 e. The summed E-state index contributed by atoms with van der Waals surface area (Å²) in [5.74, 6) is 1.76. The minimum absolute atomic E-state index is 0.0677. The van der Waals surface area contributed by atoms with Crippen LogP contribution in [-0.2, 0) is 0 Å². The molecule has 0 bridgehead atoms. The van der Waals surface area contributed by atoms with E-state index in [0.29, 0.717) is 27.8 Å². The van der Waals surface area contributed by atoms with Crippen LogP contribution in [0.4, 0.5) is 0 Å². The van der Waals surface area contributed by atoms with E-state index in [1.165, 1.54) is 12.0 Å². The quantitative estimate of drug-likeness (QED) is 0.472. The Labute approximate surface area is 190 Å². The molecule has 5 rings (SSSR count). The largest absolute Gasteiger partial charge is 0.393 e. The fourth-order valence-electron chi connectivity index (χ4n) is 7.46. The summed E-state index contributed by atoms with van der Waals surface area (Å²) >= 11 is 12.5. The van der Waals surface area contributed by atoms with Gasteiger partial charge in [0, 0.05) is 15.5 Å². The van der Waals surface area contributed by atoms with Crippen LogP contribution in [0.2, 0.25) is 10.0 Å². The van der Waals surface area contributed by atoms with Crippen LogP contribution in [0.1, 0.15) is 64.4 Å². The zero-order chi connectivity index (χ0) is 21.3. The van der Waals surface area contributed by atoms with Crippen molar-refractivity contribution in [3.63, 3.8) is 0 Å². The van der Waals surface area contributed by atoms with Crippen molar-refractivity contribution in [3.05, 3.63) is 51.0 Å². The van der Waals surface area contributed by atoms with Crippen molar-refractivity contribution in [2.75, 3.05) is 0 Å². The summed E-state index contributed by atoms with van der Waals surface area (Å²) in [6, 6.07) is 5.58. The van der Waals surface area contributed by atoms with Crippen molar-refractivity contribution in [2.24, 2.45) is 28.6 Å². The topological polar surface area (TPSA) is 40.5 Å². The van der Waals surface area contributed by atoms with Gasteiger partial charge in [-0.05, 0) is 91.4 Å².